The van der Waals surface area contributed by atoms with Crippen LogP contribution >= 0.6 is 0 Å². The molecule has 112 valence electrons. The van der Waals surface area contributed by atoms with Crippen molar-refractivity contribution >= 4 is 5.69 Å². The number of hydrogen-bond acceptors (Lipinski definition) is 4. The van der Waals surface area contributed by atoms with Crippen LogP contribution in [0.5, 0.6) is 5.88 Å². The van der Waals surface area contributed by atoms with Gasteiger partial charge in [-0.15, -0.1) is 0 Å². The largest absolute Gasteiger partial charge is 0.475 e. The van der Waals surface area contributed by atoms with Gasteiger partial charge in [-0.05, 0) is 30.2 Å². The first-order chi connectivity index (χ1) is 9.50. The number of aromatic nitrogens is 1. The molecule has 1 heterocycles. The van der Waals surface area contributed by atoms with Gasteiger partial charge in [-0.25, -0.2) is 4.98 Å². The Kier molecular flexibility index (Phi) is 4.86. The van der Waals surface area contributed by atoms with Gasteiger partial charge in [0.15, 0.2) is 0 Å². The zero-order valence-electron chi connectivity index (χ0n) is 13.0. The highest BCUT2D eigenvalue weighted by Crippen LogP contribution is 2.42. The molecule has 4 nitrogen and oxygen atoms in total. The molecule has 0 amide bonds. The molecule has 0 spiro atoms. The molecule has 1 fully saturated rings. The van der Waals surface area contributed by atoms with Crippen LogP contribution in [0.1, 0.15) is 33.6 Å². The number of pyridine rings is 1. The van der Waals surface area contributed by atoms with Gasteiger partial charge < -0.3 is 14.8 Å². The normalized spacial score (nSPS) is 24.6. The quantitative estimate of drug-likeness (QED) is 0.810. The molecule has 1 N–H and O–H groups in total. The van der Waals surface area contributed by atoms with Crippen molar-refractivity contribution in [1.29, 1.82) is 0 Å². The average Bonchev–Trinajstić information content (AvgIpc) is 2.65. The van der Waals surface area contributed by atoms with Gasteiger partial charge in [0, 0.05) is 19.2 Å². The van der Waals surface area contributed by atoms with E-state index in [0.717, 1.165) is 5.69 Å². The van der Waals surface area contributed by atoms with Gasteiger partial charge in [-0.1, -0.05) is 20.8 Å². The van der Waals surface area contributed by atoms with Gasteiger partial charge in [0.25, 0.3) is 0 Å². The monoisotopic (exact) mass is 278 g/mol. The van der Waals surface area contributed by atoms with E-state index in [1.807, 2.05) is 18.3 Å². The molecule has 1 aliphatic carbocycles. The van der Waals surface area contributed by atoms with Gasteiger partial charge in [0.2, 0.25) is 5.88 Å². The zero-order chi connectivity index (χ0) is 14.6. The number of nitrogens with one attached hydrogen (secondary N) is 1. The summed E-state index contributed by atoms with van der Waals surface area (Å²) < 4.78 is 10.4. The maximum Gasteiger partial charge on any atom is 0.213 e. The molecule has 0 bridgehead atoms. The molecule has 0 radical (unpaired) electrons. The molecule has 2 atom stereocenters. The van der Waals surface area contributed by atoms with E-state index in [-0.39, 0.29) is 0 Å². The third kappa shape index (κ3) is 4.10. The number of anilines is 1. The Hall–Kier alpha value is -1.29. The van der Waals surface area contributed by atoms with Crippen LogP contribution in [0.3, 0.4) is 0 Å². The van der Waals surface area contributed by atoms with Crippen LogP contribution < -0.4 is 10.1 Å². The summed E-state index contributed by atoms with van der Waals surface area (Å²) in [5, 5.41) is 3.60. The molecule has 20 heavy (non-hydrogen) atoms. The van der Waals surface area contributed by atoms with E-state index in [1.54, 1.807) is 7.11 Å². The van der Waals surface area contributed by atoms with Crippen molar-refractivity contribution in [3.63, 3.8) is 0 Å². The van der Waals surface area contributed by atoms with Gasteiger partial charge in [0.1, 0.15) is 6.61 Å². The summed E-state index contributed by atoms with van der Waals surface area (Å²) in [6, 6.07) is 4.47. The highest BCUT2D eigenvalue weighted by Gasteiger charge is 2.36. The predicted octanol–water partition coefficient (Wildman–Crippen LogP) is 3.34. The highest BCUT2D eigenvalue weighted by atomic mass is 16.5. The molecule has 1 saturated carbocycles. The fraction of sp³-hybridized carbons (Fsp3) is 0.688. The maximum atomic E-state index is 5.46. The Bertz CT molecular complexity index is 417. The van der Waals surface area contributed by atoms with Gasteiger partial charge in [-0.3, -0.25) is 0 Å². The topological polar surface area (TPSA) is 43.4 Å². The zero-order valence-corrected chi connectivity index (χ0v) is 13.0. The van der Waals surface area contributed by atoms with Crippen LogP contribution in [-0.4, -0.2) is 31.3 Å². The minimum Gasteiger partial charge on any atom is -0.475 e. The van der Waals surface area contributed by atoms with Gasteiger partial charge in [0.05, 0.1) is 18.5 Å². The Morgan fingerprint density at radius 2 is 2.10 bits per heavy atom. The lowest BCUT2D eigenvalue weighted by atomic mass is 9.91. The minimum absolute atomic E-state index is 0.438. The van der Waals surface area contributed by atoms with Crippen molar-refractivity contribution in [2.24, 2.45) is 11.3 Å². The third-order valence-corrected chi connectivity index (χ3v) is 3.96. The summed E-state index contributed by atoms with van der Waals surface area (Å²) in [4.78, 5) is 4.31. The Labute approximate surface area is 121 Å². The van der Waals surface area contributed by atoms with Gasteiger partial charge in [-0.2, -0.15) is 0 Å². The van der Waals surface area contributed by atoms with E-state index in [2.05, 4.69) is 31.1 Å². The van der Waals surface area contributed by atoms with Crippen molar-refractivity contribution in [2.45, 2.75) is 39.7 Å². The fourth-order valence-corrected chi connectivity index (χ4v) is 3.08. The number of nitrogens with zero attached hydrogens (tertiary/aromatic N) is 1. The van der Waals surface area contributed by atoms with E-state index in [1.165, 1.54) is 12.8 Å². The van der Waals surface area contributed by atoms with E-state index in [4.69, 9.17) is 9.47 Å². The molecule has 1 aromatic rings. The van der Waals surface area contributed by atoms with Crippen LogP contribution in [0.4, 0.5) is 5.69 Å². The van der Waals surface area contributed by atoms with Crippen molar-refractivity contribution in [1.82, 2.24) is 4.98 Å². The molecule has 4 heteroatoms. The first kappa shape index (κ1) is 15.1. The van der Waals surface area contributed by atoms with Crippen molar-refractivity contribution in [3.05, 3.63) is 18.3 Å². The number of rotatable bonds is 6. The molecule has 1 aliphatic rings. The Morgan fingerprint density at radius 1 is 1.30 bits per heavy atom. The second-order valence-corrected chi connectivity index (χ2v) is 6.53. The standard InChI is InChI=1S/C16H26N2O2/c1-12-9-16(2,3)10-14(12)18-13-5-6-15(17-11-13)20-8-7-19-4/h5-6,11-12,14,18H,7-10H2,1-4H3. The Balaban J connectivity index is 1.87. The summed E-state index contributed by atoms with van der Waals surface area (Å²) in [5.41, 5.74) is 1.51. The van der Waals surface area contributed by atoms with Crippen molar-refractivity contribution in [3.8, 4) is 5.88 Å². The molecule has 0 saturated heterocycles. The predicted molar refractivity (Wildman–Crippen MR) is 81.2 cm³/mol. The lowest BCUT2D eigenvalue weighted by molar-refractivity contribution is 0.144. The summed E-state index contributed by atoms with van der Waals surface area (Å²) in [6.45, 7) is 8.12. The van der Waals surface area contributed by atoms with Crippen molar-refractivity contribution < 1.29 is 9.47 Å². The molecule has 1 aromatic heterocycles. The first-order valence-corrected chi connectivity index (χ1v) is 7.34. The van der Waals surface area contributed by atoms with Gasteiger partial charge >= 0.3 is 0 Å². The van der Waals surface area contributed by atoms with Crippen LogP contribution in [0.25, 0.3) is 0 Å². The van der Waals surface area contributed by atoms with E-state index in [9.17, 15) is 0 Å². The molecular weight excluding hydrogens is 252 g/mol. The lowest BCUT2D eigenvalue weighted by Gasteiger charge is -2.19. The third-order valence-electron chi connectivity index (χ3n) is 3.96. The summed E-state index contributed by atoms with van der Waals surface area (Å²) in [7, 11) is 1.66. The summed E-state index contributed by atoms with van der Waals surface area (Å²) in [6.07, 6.45) is 4.33. The van der Waals surface area contributed by atoms with Crippen LogP contribution in [-0.2, 0) is 4.74 Å². The number of ether oxygens (including phenoxy) is 2. The minimum atomic E-state index is 0.438. The first-order valence-electron chi connectivity index (χ1n) is 7.34. The maximum absolute atomic E-state index is 5.46. The molecule has 2 rings (SSSR count). The van der Waals surface area contributed by atoms with Crippen LogP contribution in [0.15, 0.2) is 18.3 Å². The summed E-state index contributed by atoms with van der Waals surface area (Å²) >= 11 is 0. The lowest BCUT2D eigenvalue weighted by Crippen LogP contribution is -2.22. The second kappa shape index (κ2) is 6.44. The van der Waals surface area contributed by atoms with Crippen molar-refractivity contribution in [2.75, 3.05) is 25.6 Å². The molecule has 0 aromatic carbocycles. The smallest absolute Gasteiger partial charge is 0.213 e. The van der Waals surface area contributed by atoms with Crippen LogP contribution in [0.2, 0.25) is 0 Å². The van der Waals surface area contributed by atoms with E-state index >= 15 is 0 Å². The average molecular weight is 278 g/mol. The summed E-state index contributed by atoms with van der Waals surface area (Å²) in [5.74, 6) is 1.34. The van der Waals surface area contributed by atoms with E-state index in [0.29, 0.717) is 36.5 Å². The number of methoxy groups -OCH3 is 1. The fourth-order valence-electron chi connectivity index (χ4n) is 3.08. The second-order valence-electron chi connectivity index (χ2n) is 6.53. The highest BCUT2D eigenvalue weighted by molar-refractivity contribution is 5.43. The van der Waals surface area contributed by atoms with E-state index < -0.39 is 0 Å². The molecule has 2 unspecified atom stereocenters. The Morgan fingerprint density at radius 3 is 2.65 bits per heavy atom. The van der Waals surface area contributed by atoms with Crippen LogP contribution in [0, 0.1) is 11.3 Å². The molecule has 0 aliphatic heterocycles. The molecular formula is C16H26N2O2. The number of hydrogen-bond donors (Lipinski definition) is 1. The SMILES string of the molecule is COCCOc1ccc(NC2CC(C)(C)CC2C)cn1.